The van der Waals surface area contributed by atoms with E-state index in [-0.39, 0.29) is 0 Å². The highest BCUT2D eigenvalue weighted by Gasteiger charge is 2.19. The molecule has 5 heteroatoms. The van der Waals surface area contributed by atoms with Crippen LogP contribution in [0.3, 0.4) is 0 Å². The number of furan rings is 1. The fourth-order valence-electron chi connectivity index (χ4n) is 2.76. The third-order valence-corrected chi connectivity index (χ3v) is 3.85. The Morgan fingerprint density at radius 1 is 1.00 bits per heavy atom. The Morgan fingerprint density at radius 2 is 1.75 bits per heavy atom. The molecule has 0 atom stereocenters. The van der Waals surface area contributed by atoms with Crippen molar-refractivity contribution < 1.29 is 9.15 Å². The van der Waals surface area contributed by atoms with E-state index in [1.54, 1.807) is 18.7 Å². The van der Waals surface area contributed by atoms with Gasteiger partial charge in [0.2, 0.25) is 5.88 Å². The molecule has 24 heavy (non-hydrogen) atoms. The zero-order chi connectivity index (χ0) is 16.5. The highest BCUT2D eigenvalue weighted by molar-refractivity contribution is 5.98. The van der Waals surface area contributed by atoms with Gasteiger partial charge in [-0.05, 0) is 26.0 Å². The summed E-state index contributed by atoms with van der Waals surface area (Å²) >= 11 is 0. The molecular formula is C19H15N3O2. The first-order valence-electron chi connectivity index (χ1n) is 7.60. The molecule has 0 aliphatic rings. The van der Waals surface area contributed by atoms with Gasteiger partial charge in [0.15, 0.2) is 0 Å². The Hall–Kier alpha value is -3.21. The summed E-state index contributed by atoms with van der Waals surface area (Å²) in [6.45, 7) is 3.91. The van der Waals surface area contributed by atoms with E-state index in [9.17, 15) is 0 Å². The molecule has 1 aromatic carbocycles. The Labute approximate surface area is 139 Å². The molecule has 0 N–H and O–H groups in total. The van der Waals surface area contributed by atoms with E-state index < -0.39 is 0 Å². The van der Waals surface area contributed by atoms with Crippen molar-refractivity contribution in [1.82, 2.24) is 15.0 Å². The van der Waals surface area contributed by atoms with Gasteiger partial charge in [-0.15, -0.1) is 0 Å². The van der Waals surface area contributed by atoms with Crippen LogP contribution in [-0.4, -0.2) is 15.0 Å². The molecule has 0 unspecified atom stereocenters. The molecule has 0 aliphatic heterocycles. The number of hydrogen-bond donors (Lipinski definition) is 0. The monoisotopic (exact) mass is 317 g/mol. The van der Waals surface area contributed by atoms with Crippen molar-refractivity contribution >= 4 is 11.0 Å². The molecule has 0 saturated carbocycles. The summed E-state index contributed by atoms with van der Waals surface area (Å²) in [7, 11) is 0. The summed E-state index contributed by atoms with van der Waals surface area (Å²) in [5, 5.41) is 0.864. The molecule has 4 aromatic rings. The van der Waals surface area contributed by atoms with E-state index in [0.29, 0.717) is 5.88 Å². The maximum absolute atomic E-state index is 6.00. The quantitative estimate of drug-likeness (QED) is 0.548. The van der Waals surface area contributed by atoms with Crippen LogP contribution in [0.1, 0.15) is 11.3 Å². The van der Waals surface area contributed by atoms with Crippen molar-refractivity contribution in [2.75, 3.05) is 0 Å². The van der Waals surface area contributed by atoms with Gasteiger partial charge < -0.3 is 9.15 Å². The molecule has 0 amide bonds. The van der Waals surface area contributed by atoms with Crippen molar-refractivity contribution in [2.45, 2.75) is 13.8 Å². The number of benzene rings is 1. The number of ether oxygens (including phenoxy) is 1. The van der Waals surface area contributed by atoms with E-state index in [4.69, 9.17) is 9.15 Å². The average Bonchev–Trinajstić information content (AvgIpc) is 2.98. The lowest BCUT2D eigenvalue weighted by molar-refractivity contribution is 0.467. The van der Waals surface area contributed by atoms with Crippen LogP contribution < -0.4 is 4.74 Å². The van der Waals surface area contributed by atoms with Crippen LogP contribution in [-0.2, 0) is 0 Å². The molecule has 4 rings (SSSR count). The second kappa shape index (κ2) is 5.77. The molecule has 0 fully saturated rings. The van der Waals surface area contributed by atoms with E-state index in [1.807, 2.05) is 44.2 Å². The minimum atomic E-state index is 0.542. The van der Waals surface area contributed by atoms with E-state index in [0.717, 1.165) is 39.1 Å². The number of aromatic nitrogens is 3. The van der Waals surface area contributed by atoms with Crippen molar-refractivity contribution in [3.05, 3.63) is 66.6 Å². The third kappa shape index (κ3) is 2.40. The van der Waals surface area contributed by atoms with Crippen LogP contribution in [0.25, 0.3) is 22.1 Å². The topological polar surface area (TPSA) is 61.0 Å². The number of para-hydroxylation sites is 1. The standard InChI is InChI=1S/C19H15N3O2/c1-12-10-23-18-16(12)19(24-15-6-4-3-5-7-15)22-13(2)17(18)14-8-20-11-21-9-14/h3-11H,1-2H3. The molecule has 0 bridgehead atoms. The summed E-state index contributed by atoms with van der Waals surface area (Å²) in [6, 6.07) is 9.60. The maximum atomic E-state index is 6.00. The zero-order valence-corrected chi connectivity index (χ0v) is 13.4. The largest absolute Gasteiger partial charge is 0.463 e. The van der Waals surface area contributed by atoms with Gasteiger partial charge in [-0.2, -0.15) is 0 Å². The molecular weight excluding hydrogens is 302 g/mol. The highest BCUT2D eigenvalue weighted by atomic mass is 16.5. The first-order chi connectivity index (χ1) is 11.7. The average molecular weight is 317 g/mol. The van der Waals surface area contributed by atoms with Crippen LogP contribution in [0.2, 0.25) is 0 Å². The second-order valence-electron chi connectivity index (χ2n) is 5.54. The Balaban J connectivity index is 1.93. The van der Waals surface area contributed by atoms with Gasteiger partial charge in [0.1, 0.15) is 17.7 Å². The van der Waals surface area contributed by atoms with Gasteiger partial charge in [0.25, 0.3) is 0 Å². The Bertz CT molecular complexity index is 995. The highest BCUT2D eigenvalue weighted by Crippen LogP contribution is 2.39. The van der Waals surface area contributed by atoms with Crippen LogP contribution in [0.5, 0.6) is 11.6 Å². The lowest BCUT2D eigenvalue weighted by atomic mass is 10.0. The first kappa shape index (κ1) is 14.4. The number of fused-ring (bicyclic) bond motifs is 1. The van der Waals surface area contributed by atoms with Gasteiger partial charge in [-0.1, -0.05) is 18.2 Å². The van der Waals surface area contributed by atoms with Gasteiger partial charge in [0, 0.05) is 29.1 Å². The van der Waals surface area contributed by atoms with E-state index in [2.05, 4.69) is 15.0 Å². The van der Waals surface area contributed by atoms with Crippen molar-refractivity contribution in [2.24, 2.45) is 0 Å². The van der Waals surface area contributed by atoms with E-state index >= 15 is 0 Å². The Kier molecular flexibility index (Phi) is 3.46. The summed E-state index contributed by atoms with van der Waals surface area (Å²) in [6.07, 6.45) is 6.73. The van der Waals surface area contributed by atoms with Crippen molar-refractivity contribution in [1.29, 1.82) is 0 Å². The van der Waals surface area contributed by atoms with Crippen LogP contribution in [0, 0.1) is 13.8 Å². The van der Waals surface area contributed by atoms with Crippen molar-refractivity contribution in [3.63, 3.8) is 0 Å². The molecule has 0 radical (unpaired) electrons. The SMILES string of the molecule is Cc1nc(Oc2ccccc2)c2c(C)coc2c1-c1cncnc1. The van der Waals surface area contributed by atoms with Crippen LogP contribution in [0.4, 0.5) is 0 Å². The number of rotatable bonds is 3. The van der Waals surface area contributed by atoms with Crippen molar-refractivity contribution in [3.8, 4) is 22.8 Å². The van der Waals surface area contributed by atoms with Crippen LogP contribution in [0.15, 0.2) is 59.7 Å². The predicted octanol–water partition coefficient (Wildman–Crippen LogP) is 4.69. The van der Waals surface area contributed by atoms with Crippen LogP contribution >= 0.6 is 0 Å². The Morgan fingerprint density at radius 3 is 2.50 bits per heavy atom. The fraction of sp³-hybridized carbons (Fsp3) is 0.105. The molecule has 0 spiro atoms. The molecule has 0 saturated heterocycles. The zero-order valence-electron chi connectivity index (χ0n) is 13.4. The second-order valence-corrected chi connectivity index (χ2v) is 5.54. The lowest BCUT2D eigenvalue weighted by Gasteiger charge is -2.11. The lowest BCUT2D eigenvalue weighted by Crippen LogP contribution is -1.96. The van der Waals surface area contributed by atoms with Gasteiger partial charge >= 0.3 is 0 Å². The number of aryl methyl sites for hydroxylation is 2. The molecule has 0 aliphatic carbocycles. The number of hydrogen-bond acceptors (Lipinski definition) is 5. The molecule has 5 nitrogen and oxygen atoms in total. The summed E-state index contributed by atoms with van der Waals surface area (Å²) in [5.41, 5.74) is 4.27. The van der Waals surface area contributed by atoms with Gasteiger partial charge in [-0.25, -0.2) is 15.0 Å². The summed E-state index contributed by atoms with van der Waals surface area (Å²) in [5.74, 6) is 1.28. The summed E-state index contributed by atoms with van der Waals surface area (Å²) in [4.78, 5) is 12.9. The number of nitrogens with zero attached hydrogens (tertiary/aromatic N) is 3. The minimum Gasteiger partial charge on any atom is -0.463 e. The summed E-state index contributed by atoms with van der Waals surface area (Å²) < 4.78 is 11.8. The molecule has 118 valence electrons. The fourth-order valence-corrected chi connectivity index (χ4v) is 2.76. The third-order valence-electron chi connectivity index (χ3n) is 3.85. The molecule has 3 aromatic heterocycles. The van der Waals surface area contributed by atoms with E-state index in [1.165, 1.54) is 6.33 Å². The first-order valence-corrected chi connectivity index (χ1v) is 7.60. The predicted molar refractivity (Wildman–Crippen MR) is 91.0 cm³/mol. The van der Waals surface area contributed by atoms with Gasteiger partial charge in [0.05, 0.1) is 17.3 Å². The van der Waals surface area contributed by atoms with Gasteiger partial charge in [-0.3, -0.25) is 0 Å². The number of pyridine rings is 1. The normalized spacial score (nSPS) is 10.9. The maximum Gasteiger partial charge on any atom is 0.230 e. The molecule has 3 heterocycles. The smallest absolute Gasteiger partial charge is 0.230 e. The minimum absolute atomic E-state index is 0.542.